The van der Waals surface area contributed by atoms with Crippen molar-refractivity contribution in [2.24, 2.45) is 0 Å². The lowest BCUT2D eigenvalue weighted by Gasteiger charge is -2.15. The van der Waals surface area contributed by atoms with Crippen LogP contribution in [0.2, 0.25) is 0 Å². The second-order valence-corrected chi connectivity index (χ2v) is 7.70. The van der Waals surface area contributed by atoms with Crippen molar-refractivity contribution in [3.8, 4) is 0 Å². The summed E-state index contributed by atoms with van der Waals surface area (Å²) in [5.41, 5.74) is 0. The zero-order valence-electron chi connectivity index (χ0n) is 10.8. The van der Waals surface area contributed by atoms with Gasteiger partial charge in [-0.3, -0.25) is 9.59 Å². The number of hydrogen-bond acceptors (Lipinski definition) is 6. The van der Waals surface area contributed by atoms with Gasteiger partial charge < -0.3 is 10.6 Å². The molecule has 0 atom stereocenters. The molecule has 0 radical (unpaired) electrons. The van der Waals surface area contributed by atoms with E-state index < -0.39 is 49.2 Å². The molecule has 0 rings (SSSR count). The summed E-state index contributed by atoms with van der Waals surface area (Å²) in [4.78, 5) is 22.7. The molecule has 0 saturated carbocycles. The maximum absolute atomic E-state index is 11.3. The average molecular weight is 324 g/mol. The van der Waals surface area contributed by atoms with Crippen molar-refractivity contribution in [1.29, 1.82) is 0 Å². The minimum atomic E-state index is -3.70. The minimum absolute atomic E-state index is 0.645. The van der Waals surface area contributed by atoms with Gasteiger partial charge in [-0.1, -0.05) is 13.2 Å². The number of carbonyl (C=O) groups excluding carboxylic acids is 2. The van der Waals surface area contributed by atoms with E-state index in [1.54, 1.807) is 0 Å². The summed E-state index contributed by atoms with van der Waals surface area (Å²) in [5, 5.41) is 5.66. The Labute approximate surface area is 117 Å². The zero-order chi connectivity index (χ0) is 16.0. The lowest BCUT2D eigenvalue weighted by atomic mass is 10.5. The predicted molar refractivity (Wildman–Crippen MR) is 73.7 cm³/mol. The summed E-state index contributed by atoms with van der Waals surface area (Å²) >= 11 is 0. The Morgan fingerprint density at radius 1 is 0.950 bits per heavy atom. The highest BCUT2D eigenvalue weighted by molar-refractivity contribution is 7.95. The zero-order valence-corrected chi connectivity index (χ0v) is 12.5. The number of amides is 2. The molecule has 0 aliphatic heterocycles. The van der Waals surface area contributed by atoms with Crippen molar-refractivity contribution in [3.63, 3.8) is 0 Å². The van der Waals surface area contributed by atoms with Crippen LogP contribution in [-0.2, 0) is 29.3 Å². The van der Waals surface area contributed by atoms with Crippen molar-refractivity contribution in [3.05, 3.63) is 24.0 Å². The van der Waals surface area contributed by atoms with E-state index in [1.807, 2.05) is 0 Å². The third-order valence-electron chi connectivity index (χ3n) is 1.93. The second kappa shape index (κ2) is 7.20. The Morgan fingerprint density at radius 2 is 1.25 bits per heavy atom. The highest BCUT2D eigenvalue weighted by Gasteiger charge is 2.18. The van der Waals surface area contributed by atoms with Gasteiger partial charge in [0.25, 0.3) is 0 Å². The van der Waals surface area contributed by atoms with Gasteiger partial charge >= 0.3 is 0 Å². The molecule has 0 heterocycles. The maximum atomic E-state index is 11.3. The van der Waals surface area contributed by atoms with Gasteiger partial charge in [-0.15, -0.1) is 0 Å². The summed E-state index contributed by atoms with van der Waals surface area (Å²) in [6, 6.07) is 0. The van der Waals surface area contributed by atoms with Crippen LogP contribution in [0.4, 0.5) is 0 Å². The van der Waals surface area contributed by atoms with Crippen molar-refractivity contribution >= 4 is 31.5 Å². The molecule has 0 saturated heterocycles. The number of rotatable bonds is 8. The lowest BCUT2D eigenvalue weighted by Crippen LogP contribution is -2.48. The maximum Gasteiger partial charge on any atom is 0.237 e. The van der Waals surface area contributed by atoms with Crippen LogP contribution in [-0.4, -0.2) is 46.3 Å². The van der Waals surface area contributed by atoms with Crippen molar-refractivity contribution < 1.29 is 26.4 Å². The first kappa shape index (κ1) is 18.3. The quantitative estimate of drug-likeness (QED) is 0.533. The minimum Gasteiger partial charge on any atom is -0.335 e. The van der Waals surface area contributed by atoms with Crippen LogP contribution in [0, 0.1) is 0 Å². The van der Waals surface area contributed by atoms with Crippen molar-refractivity contribution in [2.75, 3.05) is 11.5 Å². The van der Waals surface area contributed by atoms with E-state index in [0.29, 0.717) is 10.8 Å². The molecule has 2 amide bonds. The Bertz CT molecular complexity index is 552. The summed E-state index contributed by atoms with van der Waals surface area (Å²) in [5.74, 6) is -3.29. The number of sulfone groups is 2. The highest BCUT2D eigenvalue weighted by atomic mass is 32.2. The second-order valence-electron chi connectivity index (χ2n) is 3.80. The van der Waals surface area contributed by atoms with E-state index in [2.05, 4.69) is 23.8 Å². The molecule has 0 aromatic rings. The first-order chi connectivity index (χ1) is 9.01. The van der Waals surface area contributed by atoms with Crippen LogP contribution in [0.25, 0.3) is 0 Å². The molecule has 8 nitrogen and oxygen atoms in total. The SMILES string of the molecule is C=CS(=O)(=O)CC(=O)NC(C)NC(=O)CS(=O)(=O)C=C. The fraction of sp³-hybridized carbons (Fsp3) is 0.400. The number of hydrogen-bond donors (Lipinski definition) is 2. The molecule has 0 aliphatic rings. The summed E-state index contributed by atoms with van der Waals surface area (Å²) in [6.45, 7) is 7.46. The first-order valence-electron chi connectivity index (χ1n) is 5.30. The van der Waals surface area contributed by atoms with Crippen LogP contribution in [0.1, 0.15) is 6.92 Å². The van der Waals surface area contributed by atoms with E-state index in [-0.39, 0.29) is 0 Å². The van der Waals surface area contributed by atoms with Crippen molar-refractivity contribution in [2.45, 2.75) is 13.1 Å². The topological polar surface area (TPSA) is 126 Å². The predicted octanol–water partition coefficient (Wildman–Crippen LogP) is -1.32. The molecule has 0 aromatic carbocycles. The van der Waals surface area contributed by atoms with Crippen LogP contribution < -0.4 is 10.6 Å². The van der Waals surface area contributed by atoms with Gasteiger partial charge in [-0.05, 0) is 6.92 Å². The molecule has 10 heteroatoms. The van der Waals surface area contributed by atoms with Crippen LogP contribution >= 0.6 is 0 Å². The first-order valence-corrected chi connectivity index (χ1v) is 8.73. The molecule has 0 aliphatic carbocycles. The summed E-state index contributed by atoms with van der Waals surface area (Å²) in [6.07, 6.45) is -0.921. The van der Waals surface area contributed by atoms with Gasteiger partial charge in [0, 0.05) is 10.8 Å². The average Bonchev–Trinajstić information content (AvgIpc) is 2.26. The molecule has 0 spiro atoms. The van der Waals surface area contributed by atoms with E-state index in [4.69, 9.17) is 0 Å². The third kappa shape index (κ3) is 7.69. The molecule has 0 unspecified atom stereocenters. The fourth-order valence-electron chi connectivity index (χ4n) is 1.09. The molecule has 0 bridgehead atoms. The molecule has 114 valence electrons. The number of carbonyl (C=O) groups is 2. The summed E-state index contributed by atoms with van der Waals surface area (Å²) in [7, 11) is -7.39. The van der Waals surface area contributed by atoms with E-state index in [9.17, 15) is 26.4 Å². The van der Waals surface area contributed by atoms with Crippen molar-refractivity contribution in [1.82, 2.24) is 10.6 Å². The summed E-state index contributed by atoms with van der Waals surface area (Å²) < 4.78 is 44.3. The lowest BCUT2D eigenvalue weighted by molar-refractivity contribution is -0.121. The smallest absolute Gasteiger partial charge is 0.237 e. The Morgan fingerprint density at radius 3 is 1.50 bits per heavy atom. The fourth-order valence-corrected chi connectivity index (χ4v) is 2.22. The molecule has 20 heavy (non-hydrogen) atoms. The van der Waals surface area contributed by atoms with Gasteiger partial charge in [-0.25, -0.2) is 16.8 Å². The van der Waals surface area contributed by atoms with Gasteiger partial charge in [0.2, 0.25) is 11.8 Å². The van der Waals surface area contributed by atoms with E-state index >= 15 is 0 Å². The molecule has 2 N–H and O–H groups in total. The monoisotopic (exact) mass is 324 g/mol. The van der Waals surface area contributed by atoms with E-state index in [1.165, 1.54) is 6.92 Å². The van der Waals surface area contributed by atoms with Gasteiger partial charge in [0.05, 0.1) is 6.17 Å². The molecular formula is C10H16N2O6S2. The van der Waals surface area contributed by atoms with Gasteiger partial charge in [0.1, 0.15) is 11.5 Å². The molecule has 0 fully saturated rings. The van der Waals surface area contributed by atoms with E-state index in [0.717, 1.165) is 0 Å². The Balaban J connectivity index is 4.40. The Kier molecular flexibility index (Phi) is 6.59. The van der Waals surface area contributed by atoms with Gasteiger partial charge in [0.15, 0.2) is 19.7 Å². The van der Waals surface area contributed by atoms with Crippen LogP contribution in [0.3, 0.4) is 0 Å². The number of nitrogens with one attached hydrogen (secondary N) is 2. The highest BCUT2D eigenvalue weighted by Crippen LogP contribution is 1.92. The Hall–Kier alpha value is -1.68. The standard InChI is InChI=1S/C10H16N2O6S2/c1-4-19(15,16)6-9(13)11-8(3)12-10(14)7-20(17,18)5-2/h4-5,8H,1-2,6-7H2,3H3,(H,11,13)(H,12,14). The molecular weight excluding hydrogens is 308 g/mol. The van der Waals surface area contributed by atoms with Gasteiger partial charge in [-0.2, -0.15) is 0 Å². The normalized spacial score (nSPS) is 11.7. The van der Waals surface area contributed by atoms with Crippen LogP contribution in [0.5, 0.6) is 0 Å². The largest absolute Gasteiger partial charge is 0.335 e. The molecule has 0 aromatic heterocycles. The third-order valence-corrected chi connectivity index (χ3v) is 4.27. The van der Waals surface area contributed by atoms with Crippen LogP contribution in [0.15, 0.2) is 24.0 Å².